The van der Waals surface area contributed by atoms with Crippen molar-refractivity contribution in [2.24, 2.45) is 12.8 Å². The Labute approximate surface area is 97.0 Å². The van der Waals surface area contributed by atoms with Crippen molar-refractivity contribution in [3.05, 3.63) is 40.5 Å². The van der Waals surface area contributed by atoms with Crippen molar-refractivity contribution in [3.8, 4) is 11.3 Å². The predicted molar refractivity (Wildman–Crippen MR) is 64.2 cm³/mol. The van der Waals surface area contributed by atoms with Gasteiger partial charge >= 0.3 is 0 Å². The monoisotopic (exact) mass is 265 g/mol. The van der Waals surface area contributed by atoms with Gasteiger partial charge in [-0.3, -0.25) is 4.68 Å². The first-order valence-electron chi connectivity index (χ1n) is 4.70. The number of nitrogens with zero attached hydrogens (tertiary/aromatic N) is 2. The highest BCUT2D eigenvalue weighted by Gasteiger charge is 2.08. The van der Waals surface area contributed by atoms with Crippen molar-refractivity contribution < 1.29 is 0 Å². The molecule has 0 aliphatic heterocycles. The van der Waals surface area contributed by atoms with Crippen LogP contribution in [-0.2, 0) is 13.6 Å². The molecule has 2 aromatic rings. The topological polar surface area (TPSA) is 43.8 Å². The molecule has 3 nitrogen and oxygen atoms in total. The molecule has 0 aliphatic carbocycles. The molecule has 0 unspecified atom stereocenters. The number of halogens is 1. The van der Waals surface area contributed by atoms with Crippen LogP contribution in [0, 0.1) is 0 Å². The Hall–Kier alpha value is -1.13. The van der Waals surface area contributed by atoms with Crippen LogP contribution in [0.5, 0.6) is 0 Å². The lowest BCUT2D eigenvalue weighted by atomic mass is 10.1. The molecule has 78 valence electrons. The van der Waals surface area contributed by atoms with E-state index in [2.05, 4.69) is 27.1 Å². The van der Waals surface area contributed by atoms with Gasteiger partial charge in [0.25, 0.3) is 0 Å². The minimum Gasteiger partial charge on any atom is -0.325 e. The highest BCUT2D eigenvalue weighted by Crippen LogP contribution is 2.27. The molecule has 15 heavy (non-hydrogen) atoms. The van der Waals surface area contributed by atoms with E-state index in [0.717, 1.165) is 21.4 Å². The van der Waals surface area contributed by atoms with E-state index in [1.54, 1.807) is 0 Å². The molecular weight excluding hydrogens is 254 g/mol. The third-order valence-electron chi connectivity index (χ3n) is 2.29. The predicted octanol–water partition coefficient (Wildman–Crippen LogP) is 2.31. The fraction of sp³-hybridized carbons (Fsp3) is 0.182. The van der Waals surface area contributed by atoms with E-state index in [1.807, 2.05) is 36.0 Å². The summed E-state index contributed by atoms with van der Waals surface area (Å²) in [5, 5.41) is 4.32. The smallest absolute Gasteiger partial charge is 0.0766 e. The van der Waals surface area contributed by atoms with Crippen LogP contribution in [0.3, 0.4) is 0 Å². The summed E-state index contributed by atoms with van der Waals surface area (Å²) in [6.07, 6.45) is 0. The molecule has 0 saturated carbocycles. The van der Waals surface area contributed by atoms with Crippen LogP contribution < -0.4 is 5.73 Å². The van der Waals surface area contributed by atoms with Crippen molar-refractivity contribution in [1.82, 2.24) is 9.78 Å². The molecule has 0 fully saturated rings. The molecule has 0 bridgehead atoms. The van der Waals surface area contributed by atoms with Gasteiger partial charge in [-0.1, -0.05) is 34.1 Å². The molecular formula is C11H12BrN3. The van der Waals surface area contributed by atoms with E-state index in [0.29, 0.717) is 6.54 Å². The number of rotatable bonds is 2. The van der Waals surface area contributed by atoms with E-state index in [1.165, 1.54) is 0 Å². The molecule has 0 radical (unpaired) electrons. The second-order valence-electron chi connectivity index (χ2n) is 3.33. The quantitative estimate of drug-likeness (QED) is 0.906. The summed E-state index contributed by atoms with van der Waals surface area (Å²) in [6.45, 7) is 0.471. The lowest BCUT2D eigenvalue weighted by Gasteiger charge is -2.03. The fourth-order valence-electron chi connectivity index (χ4n) is 1.55. The lowest BCUT2D eigenvalue weighted by Crippen LogP contribution is -1.98. The molecule has 1 aromatic carbocycles. The Bertz CT molecular complexity index is 476. The molecule has 0 aliphatic rings. The van der Waals surface area contributed by atoms with Gasteiger partial charge in [0.2, 0.25) is 0 Å². The number of hydrogen-bond donors (Lipinski definition) is 1. The second kappa shape index (κ2) is 4.16. The van der Waals surface area contributed by atoms with Crippen LogP contribution in [0.2, 0.25) is 0 Å². The molecule has 2 rings (SSSR count). The van der Waals surface area contributed by atoms with Gasteiger partial charge in [0, 0.05) is 23.6 Å². The third-order valence-corrected chi connectivity index (χ3v) is 2.98. The van der Waals surface area contributed by atoms with Crippen molar-refractivity contribution in [3.63, 3.8) is 0 Å². The molecule has 0 saturated heterocycles. The first-order chi connectivity index (χ1) is 7.22. The summed E-state index contributed by atoms with van der Waals surface area (Å²) in [6, 6.07) is 10.1. The van der Waals surface area contributed by atoms with Crippen molar-refractivity contribution in [2.45, 2.75) is 6.54 Å². The third kappa shape index (κ3) is 1.96. The van der Waals surface area contributed by atoms with Gasteiger partial charge in [0.05, 0.1) is 11.4 Å². The maximum atomic E-state index is 5.56. The summed E-state index contributed by atoms with van der Waals surface area (Å²) >= 11 is 3.53. The number of aryl methyl sites for hydroxylation is 1. The Balaban J connectivity index is 2.54. The highest BCUT2D eigenvalue weighted by molar-refractivity contribution is 9.10. The van der Waals surface area contributed by atoms with E-state index < -0.39 is 0 Å². The molecule has 1 heterocycles. The van der Waals surface area contributed by atoms with Crippen molar-refractivity contribution in [2.75, 3.05) is 0 Å². The standard InChI is InChI=1S/C11H12BrN3/c1-15-11(6-8(7-13)14-15)9-4-2-3-5-10(9)12/h2-6H,7,13H2,1H3. The Kier molecular flexibility index (Phi) is 2.88. The first kappa shape index (κ1) is 10.4. The minimum atomic E-state index is 0.471. The lowest BCUT2D eigenvalue weighted by molar-refractivity contribution is 0.749. The number of benzene rings is 1. The van der Waals surface area contributed by atoms with Gasteiger partial charge in [0.15, 0.2) is 0 Å². The first-order valence-corrected chi connectivity index (χ1v) is 5.49. The van der Waals surface area contributed by atoms with E-state index in [9.17, 15) is 0 Å². The average Bonchev–Trinajstić information content (AvgIpc) is 2.60. The Morgan fingerprint density at radius 2 is 2.13 bits per heavy atom. The SMILES string of the molecule is Cn1nc(CN)cc1-c1ccccc1Br. The van der Waals surface area contributed by atoms with Crippen LogP contribution in [0.25, 0.3) is 11.3 Å². The summed E-state index contributed by atoms with van der Waals surface area (Å²) in [4.78, 5) is 0. The molecule has 0 amide bonds. The van der Waals surface area contributed by atoms with Crippen LogP contribution >= 0.6 is 15.9 Å². The fourth-order valence-corrected chi connectivity index (χ4v) is 2.04. The largest absolute Gasteiger partial charge is 0.325 e. The molecule has 2 N–H and O–H groups in total. The molecule has 0 atom stereocenters. The van der Waals surface area contributed by atoms with E-state index in [4.69, 9.17) is 5.73 Å². The van der Waals surface area contributed by atoms with Crippen LogP contribution in [0.15, 0.2) is 34.8 Å². The van der Waals surface area contributed by atoms with E-state index >= 15 is 0 Å². The van der Waals surface area contributed by atoms with Crippen molar-refractivity contribution in [1.29, 1.82) is 0 Å². The number of aromatic nitrogens is 2. The number of hydrogen-bond acceptors (Lipinski definition) is 2. The summed E-state index contributed by atoms with van der Waals surface area (Å²) in [7, 11) is 1.92. The molecule has 4 heteroatoms. The summed E-state index contributed by atoms with van der Waals surface area (Å²) in [5.74, 6) is 0. The van der Waals surface area contributed by atoms with Gasteiger partial charge in [-0.2, -0.15) is 5.10 Å². The maximum absolute atomic E-state index is 5.56. The minimum absolute atomic E-state index is 0.471. The number of nitrogens with two attached hydrogens (primary N) is 1. The highest BCUT2D eigenvalue weighted by atomic mass is 79.9. The maximum Gasteiger partial charge on any atom is 0.0766 e. The Morgan fingerprint density at radius 1 is 1.40 bits per heavy atom. The zero-order valence-electron chi connectivity index (χ0n) is 8.44. The molecule has 1 aromatic heterocycles. The normalized spacial score (nSPS) is 10.6. The summed E-state index contributed by atoms with van der Waals surface area (Å²) < 4.78 is 2.92. The van der Waals surface area contributed by atoms with Gasteiger partial charge < -0.3 is 5.73 Å². The van der Waals surface area contributed by atoms with Crippen LogP contribution in [-0.4, -0.2) is 9.78 Å². The molecule has 0 spiro atoms. The van der Waals surface area contributed by atoms with Gasteiger partial charge in [-0.15, -0.1) is 0 Å². The van der Waals surface area contributed by atoms with Gasteiger partial charge in [0.1, 0.15) is 0 Å². The summed E-state index contributed by atoms with van der Waals surface area (Å²) in [5.41, 5.74) is 8.67. The van der Waals surface area contributed by atoms with Crippen LogP contribution in [0.4, 0.5) is 0 Å². The second-order valence-corrected chi connectivity index (χ2v) is 4.18. The Morgan fingerprint density at radius 3 is 2.73 bits per heavy atom. The van der Waals surface area contributed by atoms with Crippen LogP contribution in [0.1, 0.15) is 5.69 Å². The van der Waals surface area contributed by atoms with E-state index in [-0.39, 0.29) is 0 Å². The average molecular weight is 266 g/mol. The van der Waals surface area contributed by atoms with Gasteiger partial charge in [-0.25, -0.2) is 0 Å². The van der Waals surface area contributed by atoms with Gasteiger partial charge in [-0.05, 0) is 12.1 Å². The zero-order chi connectivity index (χ0) is 10.8. The van der Waals surface area contributed by atoms with Crippen molar-refractivity contribution >= 4 is 15.9 Å². The zero-order valence-corrected chi connectivity index (χ0v) is 10.0.